The van der Waals surface area contributed by atoms with Crippen LogP contribution in [0.4, 0.5) is 13.2 Å². The number of alkyl halides is 3. The van der Waals surface area contributed by atoms with Crippen molar-refractivity contribution < 1.29 is 13.2 Å². The monoisotopic (exact) mass is 220 g/mol. The third-order valence-corrected chi connectivity index (χ3v) is 2.37. The molecule has 0 N–H and O–H groups in total. The SMILES string of the molecule is CC(C)c1ccc(C(F)(F)F)cc1S. The van der Waals surface area contributed by atoms with Crippen LogP contribution in [0.3, 0.4) is 0 Å². The lowest BCUT2D eigenvalue weighted by Gasteiger charge is -2.12. The molecule has 0 heterocycles. The Kier molecular flexibility index (Phi) is 3.14. The standard InChI is InChI=1S/C10H11F3S/c1-6(2)8-4-3-7(5-9(8)14)10(11,12)13/h3-6,14H,1-2H3. The molecule has 1 aromatic carbocycles. The van der Waals surface area contributed by atoms with E-state index in [4.69, 9.17) is 0 Å². The lowest BCUT2D eigenvalue weighted by Crippen LogP contribution is -2.05. The van der Waals surface area contributed by atoms with Gasteiger partial charge in [-0.15, -0.1) is 12.6 Å². The molecule has 0 saturated heterocycles. The lowest BCUT2D eigenvalue weighted by molar-refractivity contribution is -0.137. The Bertz CT molecular complexity index is 329. The summed E-state index contributed by atoms with van der Waals surface area (Å²) in [6.07, 6.45) is -4.28. The first-order valence-corrected chi connectivity index (χ1v) is 4.67. The first kappa shape index (κ1) is 11.4. The molecule has 14 heavy (non-hydrogen) atoms. The van der Waals surface area contributed by atoms with E-state index in [1.807, 2.05) is 13.8 Å². The molecule has 0 fully saturated rings. The molecule has 0 unspecified atom stereocenters. The van der Waals surface area contributed by atoms with Gasteiger partial charge in [-0.25, -0.2) is 0 Å². The molecule has 0 aliphatic heterocycles. The van der Waals surface area contributed by atoms with Crippen molar-refractivity contribution in [3.05, 3.63) is 29.3 Å². The number of hydrogen-bond donors (Lipinski definition) is 1. The summed E-state index contributed by atoms with van der Waals surface area (Å²) in [7, 11) is 0. The molecule has 0 spiro atoms. The molecule has 0 radical (unpaired) electrons. The van der Waals surface area contributed by atoms with E-state index in [0.717, 1.165) is 17.7 Å². The van der Waals surface area contributed by atoms with Crippen LogP contribution in [0.25, 0.3) is 0 Å². The third kappa shape index (κ3) is 2.44. The van der Waals surface area contributed by atoms with E-state index in [1.165, 1.54) is 6.07 Å². The Balaban J connectivity index is 3.13. The third-order valence-electron chi connectivity index (χ3n) is 1.98. The summed E-state index contributed by atoms with van der Waals surface area (Å²) in [4.78, 5) is 0.398. The molecule has 4 heteroatoms. The van der Waals surface area contributed by atoms with Gasteiger partial charge in [-0.1, -0.05) is 19.9 Å². The van der Waals surface area contributed by atoms with Crippen LogP contribution in [-0.4, -0.2) is 0 Å². The molecule has 0 saturated carbocycles. The second-order valence-corrected chi connectivity index (χ2v) is 3.91. The van der Waals surface area contributed by atoms with E-state index in [1.54, 1.807) is 0 Å². The minimum absolute atomic E-state index is 0.185. The zero-order valence-electron chi connectivity index (χ0n) is 7.89. The molecule has 1 aromatic rings. The zero-order valence-corrected chi connectivity index (χ0v) is 8.78. The van der Waals surface area contributed by atoms with E-state index < -0.39 is 11.7 Å². The molecule has 1 rings (SSSR count). The van der Waals surface area contributed by atoms with Crippen molar-refractivity contribution in [3.8, 4) is 0 Å². The second-order valence-electron chi connectivity index (χ2n) is 3.43. The normalized spacial score (nSPS) is 12.2. The molecule has 0 atom stereocenters. The Morgan fingerprint density at radius 2 is 1.79 bits per heavy atom. The van der Waals surface area contributed by atoms with E-state index >= 15 is 0 Å². The number of thiol groups is 1. The van der Waals surface area contributed by atoms with Gasteiger partial charge >= 0.3 is 6.18 Å². The van der Waals surface area contributed by atoms with Gasteiger partial charge in [-0.2, -0.15) is 13.2 Å². The number of rotatable bonds is 1. The van der Waals surface area contributed by atoms with E-state index in [2.05, 4.69) is 12.6 Å². The van der Waals surface area contributed by atoms with Gasteiger partial charge in [0, 0.05) is 4.90 Å². The fraction of sp³-hybridized carbons (Fsp3) is 0.400. The summed E-state index contributed by atoms with van der Waals surface area (Å²) in [5, 5.41) is 0. The predicted molar refractivity (Wildman–Crippen MR) is 52.8 cm³/mol. The number of benzene rings is 1. The molecule has 0 amide bonds. The van der Waals surface area contributed by atoms with Crippen LogP contribution in [0.15, 0.2) is 23.1 Å². The fourth-order valence-electron chi connectivity index (χ4n) is 1.21. The average molecular weight is 220 g/mol. The Morgan fingerprint density at radius 1 is 1.21 bits per heavy atom. The summed E-state index contributed by atoms with van der Waals surface area (Å²) >= 11 is 4.04. The van der Waals surface area contributed by atoms with Crippen LogP contribution < -0.4 is 0 Å². The van der Waals surface area contributed by atoms with Crippen LogP contribution in [0, 0.1) is 0 Å². The predicted octanol–water partition coefficient (Wildman–Crippen LogP) is 4.12. The van der Waals surface area contributed by atoms with Gasteiger partial charge in [0.25, 0.3) is 0 Å². The lowest BCUT2D eigenvalue weighted by atomic mass is 10.0. The molecular weight excluding hydrogens is 209 g/mol. The first-order chi connectivity index (χ1) is 6.32. The summed E-state index contributed by atoms with van der Waals surface area (Å²) in [6, 6.07) is 3.64. The van der Waals surface area contributed by atoms with Gasteiger partial charge in [-0.05, 0) is 23.6 Å². The maximum Gasteiger partial charge on any atom is 0.416 e. The smallest absolute Gasteiger partial charge is 0.166 e. The molecule has 78 valence electrons. The maximum absolute atomic E-state index is 12.3. The molecular formula is C10H11F3S. The summed E-state index contributed by atoms with van der Waals surface area (Å²) in [5.74, 6) is 0.185. The van der Waals surface area contributed by atoms with Crippen LogP contribution in [-0.2, 0) is 6.18 Å². The topological polar surface area (TPSA) is 0 Å². The fourth-order valence-corrected chi connectivity index (χ4v) is 1.68. The maximum atomic E-state index is 12.3. The van der Waals surface area contributed by atoms with Gasteiger partial charge in [0.2, 0.25) is 0 Å². The minimum Gasteiger partial charge on any atom is -0.166 e. The highest BCUT2D eigenvalue weighted by atomic mass is 32.1. The molecule has 0 nitrogen and oxygen atoms in total. The molecule has 0 bridgehead atoms. The van der Waals surface area contributed by atoms with Crippen molar-refractivity contribution in [2.24, 2.45) is 0 Å². The quantitative estimate of drug-likeness (QED) is 0.676. The molecule has 0 aliphatic carbocycles. The summed E-state index contributed by atoms with van der Waals surface area (Å²) in [6.45, 7) is 3.84. The number of halogens is 3. The summed E-state index contributed by atoms with van der Waals surface area (Å²) in [5.41, 5.74) is 0.188. The Hall–Kier alpha value is -0.640. The van der Waals surface area contributed by atoms with E-state index in [0.29, 0.717) is 4.90 Å². The second kappa shape index (κ2) is 3.85. The van der Waals surface area contributed by atoms with Crippen molar-refractivity contribution in [2.75, 3.05) is 0 Å². The van der Waals surface area contributed by atoms with Gasteiger partial charge in [0.1, 0.15) is 0 Å². The molecule has 0 aromatic heterocycles. The largest absolute Gasteiger partial charge is 0.416 e. The van der Waals surface area contributed by atoms with Crippen molar-refractivity contribution in [1.82, 2.24) is 0 Å². The van der Waals surface area contributed by atoms with Crippen molar-refractivity contribution >= 4 is 12.6 Å². The van der Waals surface area contributed by atoms with E-state index in [9.17, 15) is 13.2 Å². The highest BCUT2D eigenvalue weighted by Crippen LogP contribution is 2.33. The van der Waals surface area contributed by atoms with Crippen LogP contribution in [0.5, 0.6) is 0 Å². The van der Waals surface area contributed by atoms with Crippen molar-refractivity contribution in [2.45, 2.75) is 30.8 Å². The minimum atomic E-state index is -4.28. The first-order valence-electron chi connectivity index (χ1n) is 4.22. The number of hydrogen-bond acceptors (Lipinski definition) is 1. The molecule has 0 aliphatic rings. The van der Waals surface area contributed by atoms with Crippen molar-refractivity contribution in [3.63, 3.8) is 0 Å². The highest BCUT2D eigenvalue weighted by Gasteiger charge is 2.30. The van der Waals surface area contributed by atoms with Gasteiger partial charge in [-0.3, -0.25) is 0 Å². The summed E-state index contributed by atoms with van der Waals surface area (Å²) < 4.78 is 36.8. The van der Waals surface area contributed by atoms with Crippen molar-refractivity contribution in [1.29, 1.82) is 0 Å². The Morgan fingerprint density at radius 3 is 2.14 bits per heavy atom. The van der Waals surface area contributed by atoms with Gasteiger partial charge in [0.05, 0.1) is 5.56 Å². The zero-order chi connectivity index (χ0) is 10.9. The Labute approximate surface area is 86.5 Å². The van der Waals surface area contributed by atoms with E-state index in [-0.39, 0.29) is 5.92 Å². The van der Waals surface area contributed by atoms with Crippen LogP contribution >= 0.6 is 12.6 Å². The van der Waals surface area contributed by atoms with Crippen LogP contribution in [0.1, 0.15) is 30.9 Å². The average Bonchev–Trinajstić information content (AvgIpc) is 2.01. The van der Waals surface area contributed by atoms with Crippen LogP contribution in [0.2, 0.25) is 0 Å². The highest BCUT2D eigenvalue weighted by molar-refractivity contribution is 7.80. The van der Waals surface area contributed by atoms with Gasteiger partial charge < -0.3 is 0 Å². The van der Waals surface area contributed by atoms with Gasteiger partial charge in [0.15, 0.2) is 0 Å².